The van der Waals surface area contributed by atoms with E-state index >= 15 is 0 Å². The summed E-state index contributed by atoms with van der Waals surface area (Å²) in [6, 6.07) is 0. The van der Waals surface area contributed by atoms with Gasteiger partial charge < -0.3 is 19.0 Å². The summed E-state index contributed by atoms with van der Waals surface area (Å²) in [6.45, 7) is 6.90. The fourth-order valence-corrected chi connectivity index (χ4v) is 0.680. The maximum atomic E-state index is 4.90. The number of rotatable bonds is 1. The summed E-state index contributed by atoms with van der Waals surface area (Å²) in [5, 5.41) is 0. The van der Waals surface area contributed by atoms with Gasteiger partial charge in [0.15, 0.2) is 0 Å². The van der Waals surface area contributed by atoms with Gasteiger partial charge in [-0.05, 0) is 0 Å². The number of halogens is 1. The van der Waals surface area contributed by atoms with Crippen molar-refractivity contribution in [3.8, 4) is 0 Å². The van der Waals surface area contributed by atoms with E-state index in [1.54, 1.807) is 6.08 Å². The Kier molecular flexibility index (Phi) is 26.9. The van der Waals surface area contributed by atoms with Crippen LogP contribution in [0.25, 0.3) is 0 Å². The molecule has 0 saturated heterocycles. The molecule has 2 rings (SSSR count). The summed E-state index contributed by atoms with van der Waals surface area (Å²) in [7, 11) is 0. The Morgan fingerprint density at radius 3 is 1.56 bits per heavy atom. The zero-order valence-corrected chi connectivity index (χ0v) is 12.8. The third-order valence-corrected chi connectivity index (χ3v) is 1.41. The summed E-state index contributed by atoms with van der Waals surface area (Å²) in [5.41, 5.74) is 0. The Bertz CT molecular complexity index is 195. The molecule has 2 aliphatic rings. The fourth-order valence-electron chi connectivity index (χ4n) is 0.680. The van der Waals surface area contributed by atoms with E-state index in [0.29, 0.717) is 0 Å². The van der Waals surface area contributed by atoms with Crippen LogP contribution in [0, 0.1) is 18.7 Å². The van der Waals surface area contributed by atoms with Gasteiger partial charge in [0.25, 0.3) is 0 Å². The first-order valence-corrected chi connectivity index (χ1v) is 4.88. The maximum Gasteiger partial charge on any atom is 4.00 e. The average molecular weight is 312 g/mol. The van der Waals surface area contributed by atoms with Crippen molar-refractivity contribution in [3.63, 3.8) is 0 Å². The minimum absolute atomic E-state index is 0. The Hall–Kier alpha value is -0.127. The van der Waals surface area contributed by atoms with Crippen molar-refractivity contribution >= 4 is 0 Å². The van der Waals surface area contributed by atoms with E-state index in [2.05, 4.69) is 24.3 Å². The first-order valence-electron chi connectivity index (χ1n) is 4.88. The quantitative estimate of drug-likeness (QED) is 0.634. The molecule has 2 heteroatoms. The molecule has 0 aromatic carbocycles. The van der Waals surface area contributed by atoms with Crippen molar-refractivity contribution in [3.05, 3.63) is 61.3 Å². The topological polar surface area (TPSA) is 0 Å². The number of hydrogen-bond donors (Lipinski definition) is 0. The van der Waals surface area contributed by atoms with Crippen LogP contribution in [0.5, 0.6) is 0 Å². The standard InChI is InChI=1S/2C5H5.C4H7.ClH.Zr/c2*1-2-4-5-3-1;1-3-4-2;;/h2*1-3H,4H2;1,3H,4H2,2H3;1H;/q3*-1;;+4/p-1. The minimum Gasteiger partial charge on any atom is -1.00 e. The van der Waals surface area contributed by atoms with Crippen LogP contribution in [0.2, 0.25) is 0 Å². The summed E-state index contributed by atoms with van der Waals surface area (Å²) >= 11 is 0. The van der Waals surface area contributed by atoms with Gasteiger partial charge in [0.2, 0.25) is 0 Å². The molecule has 0 radical (unpaired) electrons. The van der Waals surface area contributed by atoms with Crippen molar-refractivity contribution in [1.29, 1.82) is 0 Å². The van der Waals surface area contributed by atoms with Crippen LogP contribution < -0.4 is 12.4 Å². The molecule has 0 fully saturated rings. The molecule has 84 valence electrons. The molecule has 0 atom stereocenters. The smallest absolute Gasteiger partial charge is 1.00 e. The molecule has 0 aliphatic heterocycles. The summed E-state index contributed by atoms with van der Waals surface area (Å²) in [5.74, 6) is 0. The molecule has 0 aromatic rings. The van der Waals surface area contributed by atoms with Crippen molar-refractivity contribution < 1.29 is 38.6 Å². The van der Waals surface area contributed by atoms with Crippen molar-refractivity contribution in [2.75, 3.05) is 0 Å². The maximum absolute atomic E-state index is 4.90. The van der Waals surface area contributed by atoms with E-state index in [0.717, 1.165) is 19.3 Å². The summed E-state index contributed by atoms with van der Waals surface area (Å²) in [6.07, 6.45) is 22.6. The van der Waals surface area contributed by atoms with Crippen LogP contribution in [0.4, 0.5) is 0 Å². The monoisotopic (exact) mass is 310 g/mol. The van der Waals surface area contributed by atoms with Gasteiger partial charge in [0.05, 0.1) is 0 Å². The second-order valence-electron chi connectivity index (χ2n) is 2.65. The second-order valence-corrected chi connectivity index (χ2v) is 2.65. The molecule has 16 heavy (non-hydrogen) atoms. The molecule has 2 aliphatic carbocycles. The first-order chi connectivity index (χ1) is 6.91. The Balaban J connectivity index is -0.000000151. The Morgan fingerprint density at radius 2 is 1.50 bits per heavy atom. The normalized spacial score (nSPS) is 12.6. The van der Waals surface area contributed by atoms with Crippen LogP contribution in [0.15, 0.2) is 42.5 Å². The number of allylic oxidation sites excluding steroid dienone is 9. The van der Waals surface area contributed by atoms with Gasteiger partial charge in [-0.25, -0.2) is 24.3 Å². The first kappa shape index (κ1) is 21.2. The molecule has 0 saturated carbocycles. The van der Waals surface area contributed by atoms with Gasteiger partial charge in [0, 0.05) is 0 Å². The second kappa shape index (κ2) is 20.3. The molecule has 0 aromatic heterocycles. The fraction of sp³-hybridized carbons (Fsp3) is 0.286. The molecular weight excluding hydrogens is 295 g/mol. The van der Waals surface area contributed by atoms with Gasteiger partial charge in [-0.1, -0.05) is 13.3 Å². The van der Waals surface area contributed by atoms with Crippen molar-refractivity contribution in [2.24, 2.45) is 0 Å². The molecule has 0 bridgehead atoms. The molecule has 0 spiro atoms. The third kappa shape index (κ3) is 19.4. The van der Waals surface area contributed by atoms with Crippen LogP contribution >= 0.6 is 0 Å². The SMILES string of the molecule is [C-]1=CC=CC1.[C-]1=CC=CC1.[CH-]=CCC.[Cl-].[Zr+4]. The van der Waals surface area contributed by atoms with Gasteiger partial charge in [-0.15, -0.1) is 12.8 Å². The van der Waals surface area contributed by atoms with E-state index in [1.807, 2.05) is 31.2 Å². The van der Waals surface area contributed by atoms with Crippen LogP contribution in [0.1, 0.15) is 26.2 Å². The van der Waals surface area contributed by atoms with E-state index < -0.39 is 0 Å². The molecule has 0 N–H and O–H groups in total. The van der Waals surface area contributed by atoms with Gasteiger partial charge in [-0.3, -0.25) is 18.2 Å². The molecule has 0 nitrogen and oxygen atoms in total. The van der Waals surface area contributed by atoms with Gasteiger partial charge in [-0.2, -0.15) is 12.2 Å². The van der Waals surface area contributed by atoms with E-state index in [-0.39, 0.29) is 38.6 Å². The molecule has 0 amide bonds. The van der Waals surface area contributed by atoms with Gasteiger partial charge >= 0.3 is 26.2 Å². The molecule has 0 unspecified atom stereocenters. The van der Waals surface area contributed by atoms with Gasteiger partial charge in [0.1, 0.15) is 0 Å². The predicted octanol–water partition coefficient (Wildman–Crippen LogP) is 0.998. The third-order valence-electron chi connectivity index (χ3n) is 1.41. The summed E-state index contributed by atoms with van der Waals surface area (Å²) in [4.78, 5) is 0. The van der Waals surface area contributed by atoms with E-state index in [1.165, 1.54) is 0 Å². The van der Waals surface area contributed by atoms with E-state index in [9.17, 15) is 0 Å². The van der Waals surface area contributed by atoms with Crippen LogP contribution in [0.3, 0.4) is 0 Å². The average Bonchev–Trinajstić information content (AvgIpc) is 2.94. The molecular formula is C14H17ClZr. The molecule has 0 heterocycles. The minimum atomic E-state index is 0. The van der Waals surface area contributed by atoms with Crippen molar-refractivity contribution in [1.82, 2.24) is 0 Å². The Labute approximate surface area is 125 Å². The zero-order chi connectivity index (χ0) is 10.5. The Morgan fingerprint density at radius 1 is 1.12 bits per heavy atom. The zero-order valence-electron chi connectivity index (χ0n) is 9.62. The summed E-state index contributed by atoms with van der Waals surface area (Å²) < 4.78 is 0. The predicted molar refractivity (Wildman–Crippen MR) is 62.3 cm³/mol. The van der Waals surface area contributed by atoms with Crippen LogP contribution in [-0.4, -0.2) is 0 Å². The largest absolute Gasteiger partial charge is 4.00 e. The number of hydrogen-bond acceptors (Lipinski definition) is 0. The van der Waals surface area contributed by atoms with Crippen LogP contribution in [-0.2, 0) is 26.2 Å². The van der Waals surface area contributed by atoms with Crippen molar-refractivity contribution in [2.45, 2.75) is 26.2 Å². The van der Waals surface area contributed by atoms with E-state index in [4.69, 9.17) is 6.58 Å².